The third kappa shape index (κ3) is 6.46. The highest BCUT2D eigenvalue weighted by Gasteiger charge is 2.23. The molecule has 0 saturated heterocycles. The number of methoxy groups -OCH3 is 1. The van der Waals surface area contributed by atoms with Gasteiger partial charge in [0.25, 0.3) is 0 Å². The molecule has 6 nitrogen and oxygen atoms in total. The molecule has 7 heteroatoms. The standard InChI is InChI=1S/C16H22ClNO5/c1-3-4-5-8-23-10-14(19)18-15(16(20)21)11-6-7-13(22-2)12(17)9-11/h6-7,9,15H,3-5,8,10H2,1-2H3,(H,18,19)(H,20,21). The van der Waals surface area contributed by atoms with Crippen molar-refractivity contribution >= 4 is 23.5 Å². The Morgan fingerprint density at radius 2 is 2.09 bits per heavy atom. The van der Waals surface area contributed by atoms with Crippen molar-refractivity contribution in [3.63, 3.8) is 0 Å². The molecule has 1 aromatic rings. The molecule has 128 valence electrons. The zero-order chi connectivity index (χ0) is 17.2. The van der Waals surface area contributed by atoms with E-state index < -0.39 is 17.9 Å². The lowest BCUT2D eigenvalue weighted by Gasteiger charge is -2.16. The highest BCUT2D eigenvalue weighted by atomic mass is 35.5. The van der Waals surface area contributed by atoms with Crippen LogP contribution in [-0.2, 0) is 14.3 Å². The number of nitrogens with one attached hydrogen (secondary N) is 1. The molecule has 0 aliphatic heterocycles. The van der Waals surface area contributed by atoms with E-state index in [1.165, 1.54) is 13.2 Å². The monoisotopic (exact) mass is 343 g/mol. The predicted molar refractivity (Wildman–Crippen MR) is 86.9 cm³/mol. The Labute approximate surface area is 140 Å². The van der Waals surface area contributed by atoms with Crippen LogP contribution in [0, 0.1) is 0 Å². The molecule has 0 heterocycles. The molecule has 2 N–H and O–H groups in total. The van der Waals surface area contributed by atoms with Crippen LogP contribution in [0.3, 0.4) is 0 Å². The number of benzene rings is 1. The number of halogens is 1. The number of rotatable bonds is 10. The fraction of sp³-hybridized carbons (Fsp3) is 0.500. The molecule has 0 aliphatic carbocycles. The number of carbonyl (C=O) groups excluding carboxylic acids is 1. The molecule has 1 atom stereocenters. The Balaban J connectivity index is 2.63. The Hall–Kier alpha value is -1.79. The second kappa shape index (κ2) is 10.1. The summed E-state index contributed by atoms with van der Waals surface area (Å²) in [6.45, 7) is 2.38. The average molecular weight is 344 g/mol. The maximum atomic E-state index is 11.8. The van der Waals surface area contributed by atoms with Crippen molar-refractivity contribution in [1.29, 1.82) is 0 Å². The molecule has 0 aliphatic rings. The van der Waals surface area contributed by atoms with Crippen molar-refractivity contribution in [2.75, 3.05) is 20.3 Å². The smallest absolute Gasteiger partial charge is 0.330 e. The molecule has 0 aromatic heterocycles. The van der Waals surface area contributed by atoms with Crippen molar-refractivity contribution in [3.05, 3.63) is 28.8 Å². The minimum atomic E-state index is -1.19. The number of ether oxygens (including phenoxy) is 2. The van der Waals surface area contributed by atoms with Crippen LogP contribution in [0.25, 0.3) is 0 Å². The van der Waals surface area contributed by atoms with E-state index >= 15 is 0 Å². The van der Waals surface area contributed by atoms with E-state index in [4.69, 9.17) is 21.1 Å². The number of hydrogen-bond donors (Lipinski definition) is 2. The largest absolute Gasteiger partial charge is 0.495 e. The van der Waals surface area contributed by atoms with Crippen molar-refractivity contribution in [2.45, 2.75) is 32.2 Å². The van der Waals surface area contributed by atoms with Gasteiger partial charge in [-0.15, -0.1) is 0 Å². The van der Waals surface area contributed by atoms with E-state index in [9.17, 15) is 14.7 Å². The minimum Gasteiger partial charge on any atom is -0.495 e. The zero-order valence-corrected chi connectivity index (χ0v) is 14.1. The van der Waals surface area contributed by atoms with Crippen LogP contribution < -0.4 is 10.1 Å². The van der Waals surface area contributed by atoms with Crippen LogP contribution in [-0.4, -0.2) is 37.3 Å². The van der Waals surface area contributed by atoms with Gasteiger partial charge >= 0.3 is 5.97 Å². The quantitative estimate of drug-likeness (QED) is 0.638. The summed E-state index contributed by atoms with van der Waals surface area (Å²) in [5.74, 6) is -1.23. The van der Waals surface area contributed by atoms with Gasteiger partial charge in [0.05, 0.1) is 12.1 Å². The van der Waals surface area contributed by atoms with E-state index in [-0.39, 0.29) is 11.6 Å². The van der Waals surface area contributed by atoms with Gasteiger partial charge in [0.15, 0.2) is 6.04 Å². The highest BCUT2D eigenvalue weighted by Crippen LogP contribution is 2.27. The lowest BCUT2D eigenvalue weighted by Crippen LogP contribution is -2.36. The first-order chi connectivity index (χ1) is 11.0. The third-order valence-electron chi connectivity index (χ3n) is 3.19. The molecule has 0 fully saturated rings. The van der Waals surface area contributed by atoms with Gasteiger partial charge < -0.3 is 19.9 Å². The molecule has 1 amide bonds. The minimum absolute atomic E-state index is 0.169. The van der Waals surface area contributed by atoms with Crippen LogP contribution >= 0.6 is 11.6 Å². The zero-order valence-electron chi connectivity index (χ0n) is 13.3. The van der Waals surface area contributed by atoms with E-state index in [0.29, 0.717) is 17.9 Å². The summed E-state index contributed by atoms with van der Waals surface area (Å²) in [6.07, 6.45) is 2.97. The van der Waals surface area contributed by atoms with Crippen molar-refractivity contribution in [1.82, 2.24) is 5.32 Å². The first-order valence-electron chi connectivity index (χ1n) is 7.43. The summed E-state index contributed by atoms with van der Waals surface area (Å²) in [7, 11) is 1.47. The van der Waals surface area contributed by atoms with E-state index in [2.05, 4.69) is 12.2 Å². The molecule has 1 unspecified atom stereocenters. The lowest BCUT2D eigenvalue weighted by molar-refractivity contribution is -0.142. The van der Waals surface area contributed by atoms with Gasteiger partial charge in [-0.1, -0.05) is 37.4 Å². The van der Waals surface area contributed by atoms with Gasteiger partial charge in [0, 0.05) is 6.61 Å². The average Bonchev–Trinajstić information content (AvgIpc) is 2.52. The van der Waals surface area contributed by atoms with Gasteiger partial charge in [-0.05, 0) is 24.1 Å². The maximum Gasteiger partial charge on any atom is 0.330 e. The van der Waals surface area contributed by atoms with Crippen LogP contribution in [0.2, 0.25) is 5.02 Å². The first kappa shape index (κ1) is 19.3. The van der Waals surface area contributed by atoms with E-state index in [1.54, 1.807) is 12.1 Å². The summed E-state index contributed by atoms with van der Waals surface area (Å²) in [4.78, 5) is 23.2. The van der Waals surface area contributed by atoms with Gasteiger partial charge in [-0.2, -0.15) is 0 Å². The lowest BCUT2D eigenvalue weighted by atomic mass is 10.1. The fourth-order valence-corrected chi connectivity index (χ4v) is 2.24. The molecule has 0 spiro atoms. The van der Waals surface area contributed by atoms with E-state index in [0.717, 1.165) is 19.3 Å². The van der Waals surface area contributed by atoms with Gasteiger partial charge in [0.1, 0.15) is 12.4 Å². The summed E-state index contributed by atoms with van der Waals surface area (Å²) in [5.41, 5.74) is 0.364. The number of amides is 1. The molecule has 23 heavy (non-hydrogen) atoms. The second-order valence-corrected chi connectivity index (χ2v) is 5.40. The molecular formula is C16H22ClNO5. The van der Waals surface area contributed by atoms with Crippen molar-refractivity contribution in [2.24, 2.45) is 0 Å². The normalized spacial score (nSPS) is 11.8. The number of aliphatic carboxylic acids is 1. The SMILES string of the molecule is CCCCCOCC(=O)NC(C(=O)O)c1ccc(OC)c(Cl)c1. The summed E-state index contributed by atoms with van der Waals surface area (Å²) < 4.78 is 10.2. The van der Waals surface area contributed by atoms with Crippen LogP contribution in [0.15, 0.2) is 18.2 Å². The second-order valence-electron chi connectivity index (χ2n) is 4.99. The number of carboxylic acid groups (broad SMARTS) is 1. The molecule has 0 bridgehead atoms. The molecule has 0 saturated carbocycles. The number of carboxylic acids is 1. The van der Waals surface area contributed by atoms with Crippen molar-refractivity contribution in [3.8, 4) is 5.75 Å². The first-order valence-corrected chi connectivity index (χ1v) is 7.80. The summed E-state index contributed by atoms with van der Waals surface area (Å²) in [6, 6.07) is 3.37. The van der Waals surface area contributed by atoms with Gasteiger partial charge in [0.2, 0.25) is 5.91 Å². The Kier molecular flexibility index (Phi) is 8.43. The number of unbranched alkanes of at least 4 members (excludes halogenated alkanes) is 2. The number of carbonyl (C=O) groups is 2. The fourth-order valence-electron chi connectivity index (χ4n) is 1.97. The highest BCUT2D eigenvalue weighted by molar-refractivity contribution is 6.32. The van der Waals surface area contributed by atoms with Crippen molar-refractivity contribution < 1.29 is 24.2 Å². The number of hydrogen-bond acceptors (Lipinski definition) is 4. The van der Waals surface area contributed by atoms with Gasteiger partial charge in [-0.3, -0.25) is 4.79 Å². The Morgan fingerprint density at radius 3 is 2.65 bits per heavy atom. The topological polar surface area (TPSA) is 84.9 Å². The summed E-state index contributed by atoms with van der Waals surface area (Å²) >= 11 is 5.99. The van der Waals surface area contributed by atoms with Crippen LogP contribution in [0.5, 0.6) is 5.75 Å². The van der Waals surface area contributed by atoms with Crippen LogP contribution in [0.1, 0.15) is 37.8 Å². The Bertz CT molecular complexity index is 535. The van der Waals surface area contributed by atoms with Crippen LogP contribution in [0.4, 0.5) is 0 Å². The molecule has 1 aromatic carbocycles. The molecule has 1 rings (SSSR count). The predicted octanol–water partition coefficient (Wildman–Crippen LogP) is 2.80. The van der Waals surface area contributed by atoms with E-state index in [1.807, 2.05) is 0 Å². The Morgan fingerprint density at radius 1 is 1.35 bits per heavy atom. The third-order valence-corrected chi connectivity index (χ3v) is 3.48. The molecule has 0 radical (unpaired) electrons. The molecular weight excluding hydrogens is 322 g/mol. The maximum absolute atomic E-state index is 11.8. The summed E-state index contributed by atoms with van der Waals surface area (Å²) in [5, 5.41) is 12.0. The van der Waals surface area contributed by atoms with Gasteiger partial charge in [-0.25, -0.2) is 4.79 Å².